The van der Waals surface area contributed by atoms with Gasteiger partial charge >= 0.3 is 0 Å². The summed E-state index contributed by atoms with van der Waals surface area (Å²) in [5.41, 5.74) is 3.74. The predicted octanol–water partition coefficient (Wildman–Crippen LogP) is 5.12. The van der Waals surface area contributed by atoms with E-state index in [1.165, 1.54) is 12.1 Å². The molecule has 2 N–H and O–H groups in total. The minimum absolute atomic E-state index is 0.0907. The molecule has 0 aromatic heterocycles. The molecule has 0 spiro atoms. The number of anilines is 2. The Kier molecular flexibility index (Phi) is 5.96. The van der Waals surface area contributed by atoms with E-state index in [1.54, 1.807) is 12.1 Å². The van der Waals surface area contributed by atoms with Crippen LogP contribution < -0.4 is 10.6 Å². The molecule has 0 aliphatic rings. The Morgan fingerprint density at radius 2 is 1.58 bits per heavy atom. The molecule has 2 rings (SSSR count). The van der Waals surface area contributed by atoms with E-state index in [9.17, 15) is 9.18 Å². The fraction of sp³-hybridized carbons (Fsp3) is 0.350. The van der Waals surface area contributed by atoms with Crippen molar-refractivity contribution in [2.24, 2.45) is 0 Å². The van der Waals surface area contributed by atoms with Crippen LogP contribution in [-0.4, -0.2) is 12.5 Å². The molecule has 0 aliphatic heterocycles. The van der Waals surface area contributed by atoms with E-state index in [-0.39, 0.29) is 18.3 Å². The van der Waals surface area contributed by atoms with Gasteiger partial charge in [0.05, 0.1) is 6.54 Å². The van der Waals surface area contributed by atoms with Crippen molar-refractivity contribution < 1.29 is 9.18 Å². The summed E-state index contributed by atoms with van der Waals surface area (Å²) >= 11 is 0. The second kappa shape index (κ2) is 7.95. The summed E-state index contributed by atoms with van der Waals surface area (Å²) < 4.78 is 13.2. The smallest absolute Gasteiger partial charge is 0.243 e. The largest absolute Gasteiger partial charge is 0.376 e. The van der Waals surface area contributed by atoms with Gasteiger partial charge in [-0.25, -0.2) is 4.39 Å². The average molecular weight is 328 g/mol. The lowest BCUT2D eigenvalue weighted by Gasteiger charge is -2.20. The number of hydrogen-bond acceptors (Lipinski definition) is 2. The molecule has 0 atom stereocenters. The van der Waals surface area contributed by atoms with Crippen LogP contribution in [0.3, 0.4) is 0 Å². The molecule has 0 radical (unpaired) electrons. The molecule has 2 aromatic carbocycles. The van der Waals surface area contributed by atoms with Crippen molar-refractivity contribution in [3.63, 3.8) is 0 Å². The highest BCUT2D eigenvalue weighted by Crippen LogP contribution is 2.32. The van der Waals surface area contributed by atoms with E-state index in [4.69, 9.17) is 0 Å². The zero-order valence-electron chi connectivity index (χ0n) is 14.7. The van der Waals surface area contributed by atoms with Crippen LogP contribution in [0.4, 0.5) is 15.8 Å². The number of halogens is 1. The number of rotatable bonds is 6. The van der Waals surface area contributed by atoms with Crippen LogP contribution in [-0.2, 0) is 4.79 Å². The number of carbonyl (C=O) groups is 1. The lowest BCUT2D eigenvalue weighted by Crippen LogP contribution is -2.23. The van der Waals surface area contributed by atoms with Crippen molar-refractivity contribution in [1.82, 2.24) is 0 Å². The van der Waals surface area contributed by atoms with Crippen LogP contribution in [0.15, 0.2) is 42.5 Å². The number of hydrogen-bond donors (Lipinski definition) is 2. The molecule has 24 heavy (non-hydrogen) atoms. The molecule has 4 heteroatoms. The van der Waals surface area contributed by atoms with Gasteiger partial charge in [-0.1, -0.05) is 52.0 Å². The SMILES string of the molecule is CC(C)c1cccc(C(C)C)c1NC(=O)CNc1cccc(F)c1. The van der Waals surface area contributed by atoms with Gasteiger partial charge in [0.25, 0.3) is 0 Å². The third kappa shape index (κ3) is 4.57. The van der Waals surface area contributed by atoms with Gasteiger partial charge in [0.2, 0.25) is 5.91 Å². The highest BCUT2D eigenvalue weighted by atomic mass is 19.1. The molecule has 1 amide bonds. The Morgan fingerprint density at radius 1 is 1.00 bits per heavy atom. The Hall–Kier alpha value is -2.36. The lowest BCUT2D eigenvalue weighted by molar-refractivity contribution is -0.114. The molecule has 0 unspecified atom stereocenters. The van der Waals surface area contributed by atoms with Gasteiger partial charge in [0, 0.05) is 11.4 Å². The summed E-state index contributed by atoms with van der Waals surface area (Å²) in [5.74, 6) is 0.160. The summed E-state index contributed by atoms with van der Waals surface area (Å²) in [6.07, 6.45) is 0. The minimum atomic E-state index is -0.326. The van der Waals surface area contributed by atoms with Crippen LogP contribution in [0.5, 0.6) is 0 Å². The normalized spacial score (nSPS) is 11.0. The summed E-state index contributed by atoms with van der Waals surface area (Å²) in [6.45, 7) is 8.54. The first-order chi connectivity index (χ1) is 11.4. The van der Waals surface area contributed by atoms with E-state index in [0.29, 0.717) is 17.5 Å². The first kappa shape index (κ1) is 18.0. The molecular weight excluding hydrogens is 303 g/mol. The second-order valence-corrected chi connectivity index (χ2v) is 6.53. The molecule has 0 saturated heterocycles. The molecule has 0 aliphatic carbocycles. The fourth-order valence-electron chi connectivity index (χ4n) is 2.66. The quantitative estimate of drug-likeness (QED) is 0.772. The summed E-state index contributed by atoms with van der Waals surface area (Å²) in [6, 6.07) is 12.2. The van der Waals surface area contributed by atoms with Gasteiger partial charge in [0.1, 0.15) is 5.82 Å². The zero-order valence-corrected chi connectivity index (χ0v) is 14.7. The number of benzene rings is 2. The predicted molar refractivity (Wildman–Crippen MR) is 98.1 cm³/mol. The Bertz CT molecular complexity index is 684. The van der Waals surface area contributed by atoms with Crippen LogP contribution in [0.1, 0.15) is 50.7 Å². The van der Waals surface area contributed by atoms with E-state index < -0.39 is 0 Å². The molecule has 128 valence electrons. The maximum atomic E-state index is 13.2. The number of nitrogens with one attached hydrogen (secondary N) is 2. The van der Waals surface area contributed by atoms with Crippen molar-refractivity contribution in [3.05, 3.63) is 59.4 Å². The third-order valence-electron chi connectivity index (χ3n) is 3.92. The van der Waals surface area contributed by atoms with E-state index in [2.05, 4.69) is 38.3 Å². The first-order valence-electron chi connectivity index (χ1n) is 8.30. The zero-order chi connectivity index (χ0) is 17.7. The molecule has 0 saturated carbocycles. The van der Waals surface area contributed by atoms with Gasteiger partial charge in [0.15, 0.2) is 0 Å². The Labute approximate surface area is 143 Å². The lowest BCUT2D eigenvalue weighted by atomic mass is 9.92. The highest BCUT2D eigenvalue weighted by molar-refractivity contribution is 5.95. The van der Waals surface area contributed by atoms with Gasteiger partial charge in [-0.2, -0.15) is 0 Å². The standard InChI is InChI=1S/C20H25FN2O/c1-13(2)17-9-6-10-18(14(3)4)20(17)23-19(24)12-22-16-8-5-7-15(21)11-16/h5-11,13-14,22H,12H2,1-4H3,(H,23,24). The topological polar surface area (TPSA) is 41.1 Å². The summed E-state index contributed by atoms with van der Waals surface area (Å²) in [7, 11) is 0. The van der Waals surface area contributed by atoms with Crippen molar-refractivity contribution in [2.75, 3.05) is 17.2 Å². The Balaban J connectivity index is 2.13. The van der Waals surface area contributed by atoms with Crippen LogP contribution >= 0.6 is 0 Å². The van der Waals surface area contributed by atoms with Crippen molar-refractivity contribution >= 4 is 17.3 Å². The average Bonchev–Trinajstić information content (AvgIpc) is 2.52. The van der Waals surface area contributed by atoms with Crippen molar-refractivity contribution in [3.8, 4) is 0 Å². The monoisotopic (exact) mass is 328 g/mol. The van der Waals surface area contributed by atoms with E-state index in [0.717, 1.165) is 16.8 Å². The maximum absolute atomic E-state index is 13.2. The molecule has 0 fully saturated rings. The van der Waals surface area contributed by atoms with E-state index in [1.807, 2.05) is 18.2 Å². The second-order valence-electron chi connectivity index (χ2n) is 6.53. The number of carbonyl (C=O) groups excluding carboxylic acids is 1. The minimum Gasteiger partial charge on any atom is -0.376 e. The molecular formula is C20H25FN2O. The summed E-state index contributed by atoms with van der Waals surface area (Å²) in [4.78, 5) is 12.4. The van der Waals surface area contributed by atoms with Gasteiger partial charge in [-0.05, 0) is 41.2 Å². The molecule has 0 heterocycles. The van der Waals surface area contributed by atoms with Crippen molar-refractivity contribution in [2.45, 2.75) is 39.5 Å². The van der Waals surface area contributed by atoms with Crippen LogP contribution in [0, 0.1) is 5.82 Å². The summed E-state index contributed by atoms with van der Waals surface area (Å²) in [5, 5.41) is 5.98. The highest BCUT2D eigenvalue weighted by Gasteiger charge is 2.15. The van der Waals surface area contributed by atoms with Crippen LogP contribution in [0.25, 0.3) is 0 Å². The first-order valence-corrected chi connectivity index (χ1v) is 8.30. The Morgan fingerprint density at radius 3 is 2.12 bits per heavy atom. The van der Waals surface area contributed by atoms with Gasteiger partial charge in [-0.15, -0.1) is 0 Å². The molecule has 2 aromatic rings. The van der Waals surface area contributed by atoms with Gasteiger partial charge < -0.3 is 10.6 Å². The van der Waals surface area contributed by atoms with E-state index >= 15 is 0 Å². The maximum Gasteiger partial charge on any atom is 0.243 e. The number of para-hydroxylation sites is 1. The van der Waals surface area contributed by atoms with Gasteiger partial charge in [-0.3, -0.25) is 4.79 Å². The fourth-order valence-corrected chi connectivity index (χ4v) is 2.66. The molecule has 3 nitrogen and oxygen atoms in total. The number of amides is 1. The van der Waals surface area contributed by atoms with Crippen LogP contribution in [0.2, 0.25) is 0 Å². The van der Waals surface area contributed by atoms with Crippen molar-refractivity contribution in [1.29, 1.82) is 0 Å². The molecule has 0 bridgehead atoms. The third-order valence-corrected chi connectivity index (χ3v) is 3.92.